The van der Waals surface area contributed by atoms with Crippen LogP contribution in [0.1, 0.15) is 45.1 Å². The summed E-state index contributed by atoms with van der Waals surface area (Å²) in [6, 6.07) is 6.42. The van der Waals surface area contributed by atoms with Crippen molar-refractivity contribution in [3.05, 3.63) is 23.8 Å². The van der Waals surface area contributed by atoms with Crippen molar-refractivity contribution in [1.29, 1.82) is 0 Å². The van der Waals surface area contributed by atoms with Crippen molar-refractivity contribution in [2.24, 2.45) is 10.9 Å². The number of guanidine groups is 1. The number of likely N-dealkylation sites (tertiary alicyclic amines) is 1. The van der Waals surface area contributed by atoms with Gasteiger partial charge in [0.1, 0.15) is 11.5 Å². The van der Waals surface area contributed by atoms with Crippen LogP contribution >= 0.6 is 0 Å². The number of hydrogen-bond donors (Lipinski definition) is 3. The van der Waals surface area contributed by atoms with Crippen molar-refractivity contribution in [3.8, 4) is 11.5 Å². The smallest absolute Gasteiger partial charge is 0.191 e. The van der Waals surface area contributed by atoms with E-state index in [9.17, 15) is 5.11 Å². The molecule has 1 aliphatic rings. The van der Waals surface area contributed by atoms with Gasteiger partial charge in [0.15, 0.2) is 5.96 Å². The maximum Gasteiger partial charge on any atom is 0.191 e. The fourth-order valence-corrected chi connectivity index (χ4v) is 3.96. The Hall–Kier alpha value is -1.99. The van der Waals surface area contributed by atoms with E-state index in [4.69, 9.17) is 14.5 Å². The van der Waals surface area contributed by atoms with E-state index in [1.165, 1.54) is 5.56 Å². The number of methoxy groups -OCH3 is 2. The van der Waals surface area contributed by atoms with Gasteiger partial charge in [0.25, 0.3) is 0 Å². The van der Waals surface area contributed by atoms with Gasteiger partial charge in [-0.2, -0.15) is 0 Å². The molecule has 30 heavy (non-hydrogen) atoms. The number of aliphatic hydroxyl groups is 1. The summed E-state index contributed by atoms with van der Waals surface area (Å²) in [6.07, 6.45) is 4.12. The lowest BCUT2D eigenvalue weighted by Crippen LogP contribution is -2.44. The molecule has 1 aromatic rings. The fraction of sp³-hybridized carbons (Fsp3) is 0.696. The summed E-state index contributed by atoms with van der Waals surface area (Å²) in [5.74, 6) is 2.97. The first-order chi connectivity index (χ1) is 14.6. The zero-order chi connectivity index (χ0) is 21.8. The number of nitrogens with zero attached hydrogens (tertiary/aromatic N) is 2. The highest BCUT2D eigenvalue weighted by Crippen LogP contribution is 2.24. The van der Waals surface area contributed by atoms with E-state index in [0.717, 1.165) is 75.9 Å². The summed E-state index contributed by atoms with van der Waals surface area (Å²) in [5.41, 5.74) is 1.19. The molecule has 1 saturated heterocycles. The van der Waals surface area contributed by atoms with E-state index in [1.54, 1.807) is 14.2 Å². The molecule has 0 aliphatic carbocycles. The van der Waals surface area contributed by atoms with Gasteiger partial charge in [0.2, 0.25) is 0 Å². The molecule has 2 rings (SSSR count). The first-order valence-corrected chi connectivity index (χ1v) is 11.2. The quantitative estimate of drug-likeness (QED) is 0.356. The second-order valence-electron chi connectivity index (χ2n) is 7.97. The van der Waals surface area contributed by atoms with Crippen LogP contribution in [0.3, 0.4) is 0 Å². The van der Waals surface area contributed by atoms with Gasteiger partial charge in [0, 0.05) is 51.4 Å². The Morgan fingerprint density at radius 3 is 2.53 bits per heavy atom. The van der Waals surface area contributed by atoms with Gasteiger partial charge in [0.05, 0.1) is 14.2 Å². The van der Waals surface area contributed by atoms with Crippen LogP contribution in [0.2, 0.25) is 0 Å². The van der Waals surface area contributed by atoms with E-state index in [2.05, 4.69) is 41.5 Å². The van der Waals surface area contributed by atoms with Gasteiger partial charge in [-0.05, 0) is 49.8 Å². The molecule has 1 aromatic carbocycles. The Labute approximate surface area is 181 Å². The Balaban J connectivity index is 1.92. The fourth-order valence-electron chi connectivity index (χ4n) is 3.96. The van der Waals surface area contributed by atoms with E-state index in [1.807, 2.05) is 6.07 Å². The number of ether oxygens (including phenoxy) is 2. The normalized spacial score (nSPS) is 18.3. The molecule has 0 saturated carbocycles. The van der Waals surface area contributed by atoms with Crippen LogP contribution in [0, 0.1) is 5.92 Å². The van der Waals surface area contributed by atoms with Crippen molar-refractivity contribution in [2.45, 2.75) is 52.1 Å². The van der Waals surface area contributed by atoms with Crippen molar-refractivity contribution < 1.29 is 14.6 Å². The summed E-state index contributed by atoms with van der Waals surface area (Å²) >= 11 is 0. The number of benzene rings is 1. The third-order valence-electron chi connectivity index (χ3n) is 5.52. The van der Waals surface area contributed by atoms with Crippen molar-refractivity contribution in [2.75, 3.05) is 47.0 Å². The number of aliphatic hydroxyl groups excluding tert-OH is 1. The first-order valence-electron chi connectivity index (χ1n) is 11.2. The monoisotopic (exact) mass is 420 g/mol. The average Bonchev–Trinajstić information content (AvgIpc) is 3.18. The van der Waals surface area contributed by atoms with Gasteiger partial charge in [-0.1, -0.05) is 13.3 Å². The van der Waals surface area contributed by atoms with E-state index < -0.39 is 0 Å². The predicted octanol–water partition coefficient (Wildman–Crippen LogP) is 2.63. The third kappa shape index (κ3) is 8.03. The molecule has 0 bridgehead atoms. The average molecular weight is 421 g/mol. The summed E-state index contributed by atoms with van der Waals surface area (Å²) in [4.78, 5) is 7.25. The van der Waals surface area contributed by atoms with Gasteiger partial charge in [-0.3, -0.25) is 9.89 Å². The topological polar surface area (TPSA) is 78.4 Å². The Morgan fingerprint density at radius 2 is 1.93 bits per heavy atom. The number of aliphatic imine (C=N–C) groups is 1. The predicted molar refractivity (Wildman–Crippen MR) is 122 cm³/mol. The molecular formula is C23H40N4O3. The highest BCUT2D eigenvalue weighted by atomic mass is 16.5. The lowest BCUT2D eigenvalue weighted by atomic mass is 10.0. The van der Waals surface area contributed by atoms with Crippen LogP contribution in [0.25, 0.3) is 0 Å². The minimum Gasteiger partial charge on any atom is -0.497 e. The van der Waals surface area contributed by atoms with Gasteiger partial charge in [-0.15, -0.1) is 0 Å². The zero-order valence-electron chi connectivity index (χ0n) is 19.1. The van der Waals surface area contributed by atoms with Crippen molar-refractivity contribution in [3.63, 3.8) is 0 Å². The second kappa shape index (κ2) is 13.3. The first kappa shape index (κ1) is 24.3. The van der Waals surface area contributed by atoms with Crippen LogP contribution < -0.4 is 20.1 Å². The molecule has 0 amide bonds. The highest BCUT2D eigenvalue weighted by molar-refractivity contribution is 5.80. The molecule has 1 aliphatic heterocycles. The molecule has 7 nitrogen and oxygen atoms in total. The molecule has 7 heteroatoms. The SMILES string of the molecule is CCCC(CCO)CN=C(NCC)NC1CCN(Cc2cc(OC)cc(OC)c2)C1. The lowest BCUT2D eigenvalue weighted by Gasteiger charge is -2.20. The van der Waals surface area contributed by atoms with Gasteiger partial charge >= 0.3 is 0 Å². The zero-order valence-corrected chi connectivity index (χ0v) is 19.1. The number of rotatable bonds is 12. The second-order valence-corrected chi connectivity index (χ2v) is 7.97. The summed E-state index contributed by atoms with van der Waals surface area (Å²) in [7, 11) is 3.36. The molecule has 0 spiro atoms. The van der Waals surface area contributed by atoms with Gasteiger partial charge < -0.3 is 25.2 Å². The molecule has 0 aromatic heterocycles. The van der Waals surface area contributed by atoms with Crippen LogP contribution in [-0.4, -0.2) is 69.0 Å². The van der Waals surface area contributed by atoms with E-state index in [0.29, 0.717) is 12.0 Å². The van der Waals surface area contributed by atoms with Crippen LogP contribution in [0.4, 0.5) is 0 Å². The minimum atomic E-state index is 0.233. The van der Waals surface area contributed by atoms with Crippen LogP contribution in [0.5, 0.6) is 11.5 Å². The third-order valence-corrected chi connectivity index (χ3v) is 5.52. The Morgan fingerprint density at radius 1 is 1.20 bits per heavy atom. The Bertz CT molecular complexity index is 625. The Kier molecular flexibility index (Phi) is 10.8. The van der Waals surface area contributed by atoms with Gasteiger partial charge in [-0.25, -0.2) is 0 Å². The largest absolute Gasteiger partial charge is 0.497 e. The number of nitrogens with one attached hydrogen (secondary N) is 2. The standard InChI is InChI=1S/C23H40N4O3/c1-5-7-18(9-11-28)15-25-23(24-6-2)26-20-8-10-27(17-20)16-19-12-21(29-3)14-22(13-19)30-4/h12-14,18,20,28H,5-11,15-17H2,1-4H3,(H2,24,25,26). The molecule has 1 heterocycles. The summed E-state index contributed by atoms with van der Waals surface area (Å²) in [5, 5.41) is 16.2. The number of hydrogen-bond acceptors (Lipinski definition) is 5. The molecule has 3 N–H and O–H groups in total. The molecule has 0 radical (unpaired) electrons. The summed E-state index contributed by atoms with van der Waals surface area (Å²) < 4.78 is 10.8. The van der Waals surface area contributed by atoms with Crippen LogP contribution in [0.15, 0.2) is 23.2 Å². The maximum absolute atomic E-state index is 9.28. The van der Waals surface area contributed by atoms with Crippen molar-refractivity contribution in [1.82, 2.24) is 15.5 Å². The molecule has 2 atom stereocenters. The maximum atomic E-state index is 9.28. The molecular weight excluding hydrogens is 380 g/mol. The highest BCUT2D eigenvalue weighted by Gasteiger charge is 2.23. The van der Waals surface area contributed by atoms with E-state index in [-0.39, 0.29) is 6.61 Å². The van der Waals surface area contributed by atoms with E-state index >= 15 is 0 Å². The van der Waals surface area contributed by atoms with Crippen LogP contribution in [-0.2, 0) is 6.54 Å². The minimum absolute atomic E-state index is 0.233. The molecule has 2 unspecified atom stereocenters. The lowest BCUT2D eigenvalue weighted by molar-refractivity contribution is 0.253. The molecule has 170 valence electrons. The summed E-state index contributed by atoms with van der Waals surface area (Å²) in [6.45, 7) is 8.98. The molecule has 1 fully saturated rings. The van der Waals surface area contributed by atoms with Crippen molar-refractivity contribution >= 4 is 5.96 Å².